The molecule has 0 aromatic carbocycles. The molecule has 1 atom stereocenters. The van der Waals surface area contributed by atoms with Gasteiger partial charge in [-0.1, -0.05) is 0 Å². The van der Waals surface area contributed by atoms with E-state index in [0.717, 1.165) is 11.6 Å². The van der Waals surface area contributed by atoms with Crippen LogP contribution in [-0.2, 0) is 0 Å². The van der Waals surface area contributed by atoms with Crippen molar-refractivity contribution in [2.24, 2.45) is 10.7 Å². The van der Waals surface area contributed by atoms with Gasteiger partial charge in [0.15, 0.2) is 0 Å². The number of nitrogens with zero attached hydrogens (tertiary/aromatic N) is 1. The number of hydrogen-bond acceptors (Lipinski definition) is 3. The lowest BCUT2D eigenvalue weighted by Crippen LogP contribution is -2.32. The molecular formula is C8H16N2S2. The lowest BCUT2D eigenvalue weighted by molar-refractivity contribution is 0.829. The molecule has 0 aromatic rings. The Morgan fingerprint density at radius 1 is 1.50 bits per heavy atom. The maximum Gasteiger partial charge on any atom is 0.108 e. The largest absolute Gasteiger partial charge is 0.387 e. The molecule has 1 saturated heterocycles. The Bertz CT molecular complexity index is 162. The second-order valence-corrected chi connectivity index (χ2v) is 5.54. The first-order chi connectivity index (χ1) is 5.70. The summed E-state index contributed by atoms with van der Waals surface area (Å²) in [6.07, 6.45) is 0. The Hall–Kier alpha value is 0.170. The van der Waals surface area contributed by atoms with Gasteiger partial charge in [-0.3, -0.25) is 4.99 Å². The SMILES string of the molecule is CC(C)N=C(N)C1CSCCS1. The quantitative estimate of drug-likeness (QED) is 0.548. The van der Waals surface area contributed by atoms with Crippen molar-refractivity contribution in [1.29, 1.82) is 0 Å². The van der Waals surface area contributed by atoms with Crippen LogP contribution in [0, 0.1) is 0 Å². The smallest absolute Gasteiger partial charge is 0.108 e. The minimum Gasteiger partial charge on any atom is -0.387 e. The highest BCUT2D eigenvalue weighted by Gasteiger charge is 2.17. The highest BCUT2D eigenvalue weighted by molar-refractivity contribution is 8.07. The Morgan fingerprint density at radius 3 is 2.75 bits per heavy atom. The molecule has 1 unspecified atom stereocenters. The fraction of sp³-hybridized carbons (Fsp3) is 0.875. The van der Waals surface area contributed by atoms with Crippen LogP contribution in [0.4, 0.5) is 0 Å². The van der Waals surface area contributed by atoms with Crippen molar-refractivity contribution in [1.82, 2.24) is 0 Å². The third-order valence-corrected chi connectivity index (χ3v) is 4.33. The van der Waals surface area contributed by atoms with E-state index < -0.39 is 0 Å². The molecule has 0 saturated carbocycles. The summed E-state index contributed by atoms with van der Waals surface area (Å²) in [5.74, 6) is 4.44. The molecule has 0 aromatic heterocycles. The second kappa shape index (κ2) is 5.02. The van der Waals surface area contributed by atoms with E-state index in [1.807, 2.05) is 23.5 Å². The standard InChI is InChI=1S/C8H16N2S2/c1-6(2)10-8(9)7-5-11-3-4-12-7/h6-7H,3-5H2,1-2H3,(H2,9,10). The average molecular weight is 204 g/mol. The summed E-state index contributed by atoms with van der Waals surface area (Å²) in [6, 6.07) is 0.331. The van der Waals surface area contributed by atoms with Crippen LogP contribution in [0.5, 0.6) is 0 Å². The van der Waals surface area contributed by atoms with E-state index in [9.17, 15) is 0 Å². The molecule has 1 heterocycles. The number of aliphatic imine (C=N–C) groups is 1. The van der Waals surface area contributed by atoms with E-state index >= 15 is 0 Å². The molecule has 1 rings (SSSR count). The first kappa shape index (κ1) is 10.3. The Balaban J connectivity index is 2.44. The van der Waals surface area contributed by atoms with E-state index in [0.29, 0.717) is 11.3 Å². The third kappa shape index (κ3) is 3.27. The molecule has 1 fully saturated rings. The van der Waals surface area contributed by atoms with E-state index in [4.69, 9.17) is 5.73 Å². The first-order valence-corrected chi connectivity index (χ1v) is 6.43. The number of amidine groups is 1. The molecule has 2 nitrogen and oxygen atoms in total. The lowest BCUT2D eigenvalue weighted by atomic mass is 10.4. The maximum atomic E-state index is 5.87. The van der Waals surface area contributed by atoms with Crippen molar-refractivity contribution in [2.45, 2.75) is 25.1 Å². The van der Waals surface area contributed by atoms with Crippen LogP contribution in [0.3, 0.4) is 0 Å². The minimum absolute atomic E-state index is 0.331. The third-order valence-electron chi connectivity index (χ3n) is 1.55. The zero-order chi connectivity index (χ0) is 8.97. The van der Waals surface area contributed by atoms with Gasteiger partial charge in [0.25, 0.3) is 0 Å². The van der Waals surface area contributed by atoms with Gasteiger partial charge in [-0.2, -0.15) is 11.8 Å². The van der Waals surface area contributed by atoms with Crippen LogP contribution in [0.25, 0.3) is 0 Å². The summed E-state index contributed by atoms with van der Waals surface area (Å²) < 4.78 is 0. The van der Waals surface area contributed by atoms with E-state index in [-0.39, 0.29) is 0 Å². The van der Waals surface area contributed by atoms with Crippen LogP contribution in [0.2, 0.25) is 0 Å². The van der Waals surface area contributed by atoms with Crippen LogP contribution >= 0.6 is 23.5 Å². The molecule has 12 heavy (non-hydrogen) atoms. The molecule has 70 valence electrons. The molecule has 1 aliphatic rings. The van der Waals surface area contributed by atoms with Crippen LogP contribution in [-0.4, -0.2) is 34.4 Å². The summed E-state index contributed by atoms with van der Waals surface area (Å²) in [6.45, 7) is 4.13. The molecular weight excluding hydrogens is 188 g/mol. The van der Waals surface area contributed by atoms with Crippen molar-refractivity contribution in [3.05, 3.63) is 0 Å². The van der Waals surface area contributed by atoms with Gasteiger partial charge < -0.3 is 5.73 Å². The highest BCUT2D eigenvalue weighted by atomic mass is 32.2. The number of nitrogens with two attached hydrogens (primary N) is 1. The van der Waals surface area contributed by atoms with Crippen LogP contribution < -0.4 is 5.73 Å². The fourth-order valence-corrected chi connectivity index (χ4v) is 3.64. The van der Waals surface area contributed by atoms with E-state index in [1.54, 1.807) is 0 Å². The van der Waals surface area contributed by atoms with Gasteiger partial charge in [-0.05, 0) is 13.8 Å². The topological polar surface area (TPSA) is 38.4 Å². The predicted molar refractivity (Wildman–Crippen MR) is 60.3 cm³/mol. The highest BCUT2D eigenvalue weighted by Crippen LogP contribution is 2.24. The summed E-state index contributed by atoms with van der Waals surface area (Å²) >= 11 is 3.91. The molecule has 0 aliphatic carbocycles. The Labute approximate surface area is 82.8 Å². The van der Waals surface area contributed by atoms with Crippen molar-refractivity contribution in [3.8, 4) is 0 Å². The molecule has 4 heteroatoms. The summed E-state index contributed by atoms with van der Waals surface area (Å²) in [5, 5.41) is 0.464. The van der Waals surface area contributed by atoms with Gasteiger partial charge in [-0.25, -0.2) is 0 Å². The Kier molecular flexibility index (Phi) is 4.29. The maximum absolute atomic E-state index is 5.87. The lowest BCUT2D eigenvalue weighted by Gasteiger charge is -2.20. The Morgan fingerprint density at radius 2 is 2.25 bits per heavy atom. The average Bonchev–Trinajstić information content (AvgIpc) is 2.05. The normalized spacial score (nSPS) is 26.2. The van der Waals surface area contributed by atoms with Crippen molar-refractivity contribution in [2.75, 3.05) is 17.3 Å². The summed E-state index contributed by atoms with van der Waals surface area (Å²) in [7, 11) is 0. The second-order valence-electron chi connectivity index (χ2n) is 3.08. The fourth-order valence-electron chi connectivity index (χ4n) is 1.04. The zero-order valence-electron chi connectivity index (χ0n) is 7.62. The summed E-state index contributed by atoms with van der Waals surface area (Å²) in [4.78, 5) is 4.36. The monoisotopic (exact) mass is 204 g/mol. The van der Waals surface area contributed by atoms with Crippen LogP contribution in [0.15, 0.2) is 4.99 Å². The minimum atomic E-state index is 0.331. The summed E-state index contributed by atoms with van der Waals surface area (Å²) in [5.41, 5.74) is 5.87. The van der Waals surface area contributed by atoms with Gasteiger partial charge >= 0.3 is 0 Å². The first-order valence-electron chi connectivity index (χ1n) is 4.22. The number of rotatable bonds is 2. The van der Waals surface area contributed by atoms with Crippen molar-refractivity contribution in [3.63, 3.8) is 0 Å². The predicted octanol–water partition coefficient (Wildman–Crippen LogP) is 1.60. The molecule has 0 bridgehead atoms. The van der Waals surface area contributed by atoms with Gasteiger partial charge in [0.1, 0.15) is 5.84 Å². The van der Waals surface area contributed by atoms with Gasteiger partial charge in [-0.15, -0.1) is 11.8 Å². The van der Waals surface area contributed by atoms with Gasteiger partial charge in [0, 0.05) is 23.3 Å². The van der Waals surface area contributed by atoms with Gasteiger partial charge in [0.2, 0.25) is 0 Å². The van der Waals surface area contributed by atoms with Gasteiger partial charge in [0.05, 0.1) is 5.25 Å². The zero-order valence-corrected chi connectivity index (χ0v) is 9.25. The number of hydrogen-bond donors (Lipinski definition) is 1. The molecule has 0 spiro atoms. The molecule has 2 N–H and O–H groups in total. The van der Waals surface area contributed by atoms with E-state index in [2.05, 4.69) is 18.8 Å². The van der Waals surface area contributed by atoms with Crippen molar-refractivity contribution < 1.29 is 0 Å². The van der Waals surface area contributed by atoms with Crippen molar-refractivity contribution >= 4 is 29.4 Å². The van der Waals surface area contributed by atoms with E-state index in [1.165, 1.54) is 11.5 Å². The van der Waals surface area contributed by atoms with Crippen LogP contribution in [0.1, 0.15) is 13.8 Å². The molecule has 1 aliphatic heterocycles. The molecule has 0 radical (unpaired) electrons. The number of thioether (sulfide) groups is 2. The molecule has 0 amide bonds.